The van der Waals surface area contributed by atoms with Crippen LogP contribution in [0.2, 0.25) is 0 Å². The first-order valence-corrected chi connectivity index (χ1v) is 3.90. The Morgan fingerprint density at radius 3 is 2.64 bits per heavy atom. The largest absolute Gasteiger partial charge is 0.281 e. The number of hydrazine groups is 3. The van der Waals surface area contributed by atoms with Crippen molar-refractivity contribution in [2.45, 2.75) is 0 Å². The maximum atomic E-state index is 4.93. The van der Waals surface area contributed by atoms with Crippen LogP contribution in [0.4, 0.5) is 0 Å². The molecule has 0 atom stereocenters. The molecule has 0 amide bonds. The summed E-state index contributed by atoms with van der Waals surface area (Å²) in [4.78, 5) is 0.641. The van der Waals surface area contributed by atoms with Crippen molar-refractivity contribution < 1.29 is 0 Å². The van der Waals surface area contributed by atoms with Gasteiger partial charge in [0.25, 0.3) is 0 Å². The van der Waals surface area contributed by atoms with Gasteiger partial charge in [-0.25, -0.2) is 5.01 Å². The summed E-state index contributed by atoms with van der Waals surface area (Å²) in [5, 5.41) is 4.18. The molecule has 0 fully saturated rings. The van der Waals surface area contributed by atoms with E-state index in [1.54, 1.807) is 11.3 Å². The summed E-state index contributed by atoms with van der Waals surface area (Å²) >= 11 is 9.06. The smallest absolute Gasteiger partial charge is 0.118 e. The molecule has 0 spiro atoms. The summed E-state index contributed by atoms with van der Waals surface area (Å²) in [5.41, 5.74) is 5.83. The van der Waals surface area contributed by atoms with E-state index in [1.165, 1.54) is 0 Å². The second-order valence-corrected chi connectivity index (χ2v) is 3.20. The van der Waals surface area contributed by atoms with E-state index < -0.39 is 0 Å². The number of thiol groups is 1. The summed E-state index contributed by atoms with van der Waals surface area (Å²) < 4.78 is 0. The summed E-state index contributed by atoms with van der Waals surface area (Å²) in [5.74, 6) is 0. The van der Waals surface area contributed by atoms with Crippen LogP contribution in [-0.2, 0) is 0 Å². The molecule has 0 aromatic rings. The topological polar surface area (TPSA) is 30.5 Å². The fourth-order valence-corrected chi connectivity index (χ4v) is 1.15. The minimum atomic E-state index is 0.641. The Morgan fingerprint density at radius 2 is 2.18 bits per heavy atom. The van der Waals surface area contributed by atoms with Crippen LogP contribution in [0.1, 0.15) is 0 Å². The zero-order chi connectivity index (χ0) is 8.43. The summed E-state index contributed by atoms with van der Waals surface area (Å²) in [7, 11) is 3.77. The molecule has 0 aromatic carbocycles. The molecule has 2 N–H and O–H groups in total. The van der Waals surface area contributed by atoms with E-state index in [2.05, 4.69) is 23.5 Å². The Kier molecular flexibility index (Phi) is 2.72. The summed E-state index contributed by atoms with van der Waals surface area (Å²) in [6.45, 7) is 0. The molecule has 0 saturated heterocycles. The molecule has 4 nitrogen and oxygen atoms in total. The highest BCUT2D eigenvalue weighted by Crippen LogP contribution is 2.02. The fourth-order valence-electron chi connectivity index (χ4n) is 0.630. The Balaban J connectivity index is 2.64. The molecule has 0 bridgehead atoms. The van der Waals surface area contributed by atoms with Gasteiger partial charge in [-0.05, 0) is 0 Å². The third kappa shape index (κ3) is 2.33. The predicted octanol–water partition coefficient (Wildman–Crippen LogP) is -0.114. The lowest BCUT2D eigenvalue weighted by Gasteiger charge is -2.32. The first kappa shape index (κ1) is 8.79. The maximum absolute atomic E-state index is 4.93. The lowest BCUT2D eigenvalue weighted by atomic mass is 10.6. The van der Waals surface area contributed by atoms with Gasteiger partial charge in [-0.3, -0.25) is 10.9 Å². The zero-order valence-corrected chi connectivity index (χ0v) is 8.04. The molecule has 6 heteroatoms. The molecule has 0 aliphatic carbocycles. The van der Waals surface area contributed by atoms with Gasteiger partial charge in [0.05, 0.1) is 5.03 Å². The van der Waals surface area contributed by atoms with Crippen molar-refractivity contribution >= 4 is 29.8 Å². The highest BCUT2D eigenvalue weighted by Gasteiger charge is 2.12. The molecule has 0 saturated carbocycles. The molecule has 1 aliphatic rings. The van der Waals surface area contributed by atoms with E-state index in [9.17, 15) is 0 Å². The lowest BCUT2D eigenvalue weighted by molar-refractivity contribution is -0.0438. The minimum Gasteiger partial charge on any atom is -0.281 e. The van der Waals surface area contributed by atoms with Crippen molar-refractivity contribution in [3.8, 4) is 0 Å². The van der Waals surface area contributed by atoms with Crippen LogP contribution < -0.4 is 10.9 Å². The first-order valence-electron chi connectivity index (χ1n) is 3.05. The monoisotopic (exact) mass is 190 g/mol. The number of hydrogen-bond acceptors (Lipinski definition) is 5. The van der Waals surface area contributed by atoms with Crippen LogP contribution in [0.25, 0.3) is 0 Å². The van der Waals surface area contributed by atoms with E-state index in [1.807, 2.05) is 19.1 Å². The Bertz CT molecular complexity index is 201. The van der Waals surface area contributed by atoms with E-state index in [0.717, 1.165) is 5.03 Å². The quantitative estimate of drug-likeness (QED) is 0.397. The van der Waals surface area contributed by atoms with E-state index in [4.69, 9.17) is 12.2 Å². The molecular formula is C5H10N4S2. The molecule has 0 radical (unpaired) electrons. The number of nitrogens with zero attached hydrogens (tertiary/aromatic N) is 2. The second-order valence-electron chi connectivity index (χ2n) is 2.28. The number of hydrogen-bond donors (Lipinski definition) is 3. The predicted molar refractivity (Wildman–Crippen MR) is 51.5 cm³/mol. The number of rotatable bonds is 1. The number of nitrogens with one attached hydrogen (secondary N) is 2. The SMILES string of the molecule is CN(C)N1NC(=S)C=C(S)N1. The Labute approximate surface area is 76.5 Å². The highest BCUT2D eigenvalue weighted by atomic mass is 32.1. The molecule has 0 aromatic heterocycles. The van der Waals surface area contributed by atoms with Gasteiger partial charge in [0.2, 0.25) is 0 Å². The molecule has 1 heterocycles. The van der Waals surface area contributed by atoms with E-state index >= 15 is 0 Å². The summed E-state index contributed by atoms with van der Waals surface area (Å²) in [6, 6.07) is 0. The standard InChI is InChI=1S/C5H10N4S2/c1-8(2)9-6-4(10)3-5(11)7-9/h3,6,10H,1-2H3,(H,7,11). The zero-order valence-electron chi connectivity index (χ0n) is 6.33. The van der Waals surface area contributed by atoms with E-state index in [0.29, 0.717) is 4.99 Å². The van der Waals surface area contributed by atoms with Gasteiger partial charge in [-0.1, -0.05) is 17.4 Å². The highest BCUT2D eigenvalue weighted by molar-refractivity contribution is 7.84. The van der Waals surface area contributed by atoms with Gasteiger partial charge in [-0.15, -0.1) is 12.6 Å². The van der Waals surface area contributed by atoms with Crippen molar-refractivity contribution in [3.05, 3.63) is 11.1 Å². The van der Waals surface area contributed by atoms with Gasteiger partial charge in [0, 0.05) is 20.2 Å². The van der Waals surface area contributed by atoms with Crippen LogP contribution in [-0.4, -0.2) is 29.3 Å². The van der Waals surface area contributed by atoms with Gasteiger partial charge in [0.15, 0.2) is 0 Å². The Hall–Kier alpha value is -0.300. The maximum Gasteiger partial charge on any atom is 0.118 e. The summed E-state index contributed by atoms with van der Waals surface area (Å²) in [6.07, 6.45) is 1.73. The first-order chi connectivity index (χ1) is 5.09. The van der Waals surface area contributed by atoms with Crippen LogP contribution in [0.5, 0.6) is 0 Å². The third-order valence-corrected chi connectivity index (χ3v) is 1.54. The normalized spacial score (nSPS) is 19.3. The fraction of sp³-hybridized carbons (Fsp3) is 0.400. The van der Waals surface area contributed by atoms with E-state index in [-0.39, 0.29) is 0 Å². The van der Waals surface area contributed by atoms with Gasteiger partial charge in [0.1, 0.15) is 4.99 Å². The van der Waals surface area contributed by atoms with Crippen molar-refractivity contribution in [1.82, 2.24) is 21.1 Å². The molecule has 11 heavy (non-hydrogen) atoms. The van der Waals surface area contributed by atoms with Gasteiger partial charge in [-0.2, -0.15) is 0 Å². The van der Waals surface area contributed by atoms with Gasteiger partial charge >= 0.3 is 0 Å². The molecule has 1 aliphatic heterocycles. The Morgan fingerprint density at radius 1 is 1.55 bits per heavy atom. The average Bonchev–Trinajstić information content (AvgIpc) is 1.85. The second kappa shape index (κ2) is 3.40. The van der Waals surface area contributed by atoms with Crippen molar-refractivity contribution in [3.63, 3.8) is 0 Å². The van der Waals surface area contributed by atoms with Gasteiger partial charge < -0.3 is 0 Å². The molecule has 1 rings (SSSR count). The molecular weight excluding hydrogens is 180 g/mol. The molecule has 0 unspecified atom stereocenters. The van der Waals surface area contributed by atoms with Crippen molar-refractivity contribution in [1.29, 1.82) is 0 Å². The van der Waals surface area contributed by atoms with Crippen molar-refractivity contribution in [2.75, 3.05) is 14.1 Å². The van der Waals surface area contributed by atoms with Crippen LogP contribution in [0, 0.1) is 0 Å². The van der Waals surface area contributed by atoms with Crippen LogP contribution in [0.3, 0.4) is 0 Å². The van der Waals surface area contributed by atoms with Crippen LogP contribution >= 0.6 is 24.8 Å². The molecule has 62 valence electrons. The third-order valence-electron chi connectivity index (χ3n) is 1.10. The average molecular weight is 190 g/mol. The minimum absolute atomic E-state index is 0.641. The number of thiocarbonyl (C=S) groups is 1. The van der Waals surface area contributed by atoms with Crippen molar-refractivity contribution in [2.24, 2.45) is 0 Å². The van der Waals surface area contributed by atoms with Crippen LogP contribution in [0.15, 0.2) is 11.1 Å². The lowest BCUT2D eigenvalue weighted by Crippen LogP contribution is -2.58.